The zero-order chi connectivity index (χ0) is 12.1. The summed E-state index contributed by atoms with van der Waals surface area (Å²) in [6.45, 7) is 3.96. The smallest absolute Gasteiger partial charge is 0.119 e. The average Bonchev–Trinajstić information content (AvgIpc) is 2.76. The van der Waals surface area contributed by atoms with Crippen molar-refractivity contribution in [1.82, 2.24) is 9.55 Å². The highest BCUT2D eigenvalue weighted by Gasteiger charge is 1.98. The molecule has 1 aromatic heterocycles. The molecule has 4 nitrogen and oxygen atoms in total. The lowest BCUT2D eigenvalue weighted by molar-refractivity contribution is 0.297. The van der Waals surface area contributed by atoms with Crippen molar-refractivity contribution < 1.29 is 4.74 Å². The summed E-state index contributed by atoms with van der Waals surface area (Å²) in [4.78, 5) is 4.16. The number of aryl methyl sites for hydroxylation is 1. The largest absolute Gasteiger partial charge is 0.492 e. The predicted molar refractivity (Wildman–Crippen MR) is 66.8 cm³/mol. The molecule has 0 fully saturated rings. The summed E-state index contributed by atoms with van der Waals surface area (Å²) in [7, 11) is 0. The molecule has 0 saturated carbocycles. The van der Waals surface area contributed by atoms with E-state index in [1.54, 1.807) is 6.20 Å². The van der Waals surface area contributed by atoms with Crippen LogP contribution in [0.3, 0.4) is 0 Å². The highest BCUT2D eigenvalue weighted by Crippen LogP contribution is 2.12. The van der Waals surface area contributed by atoms with E-state index in [0.29, 0.717) is 13.2 Å². The van der Waals surface area contributed by atoms with Crippen LogP contribution < -0.4 is 10.5 Å². The maximum Gasteiger partial charge on any atom is 0.119 e. The molecule has 1 heterocycles. The van der Waals surface area contributed by atoms with Crippen LogP contribution in [0, 0.1) is 6.92 Å². The number of imidazole rings is 1. The van der Waals surface area contributed by atoms with E-state index < -0.39 is 0 Å². The number of nitrogens with two attached hydrogens (primary N) is 1. The molecule has 2 rings (SSSR count). The number of aromatic nitrogens is 2. The SMILES string of the molecule is Cc1nccn1CCOc1cccc(CN)c1. The van der Waals surface area contributed by atoms with Gasteiger partial charge in [-0.25, -0.2) is 4.98 Å². The first-order valence-corrected chi connectivity index (χ1v) is 5.69. The monoisotopic (exact) mass is 231 g/mol. The number of ether oxygens (including phenoxy) is 1. The molecule has 2 N–H and O–H groups in total. The summed E-state index contributed by atoms with van der Waals surface area (Å²) < 4.78 is 7.73. The zero-order valence-corrected chi connectivity index (χ0v) is 9.97. The quantitative estimate of drug-likeness (QED) is 0.852. The van der Waals surface area contributed by atoms with Gasteiger partial charge in [0, 0.05) is 18.9 Å². The highest BCUT2D eigenvalue weighted by molar-refractivity contribution is 5.28. The van der Waals surface area contributed by atoms with Gasteiger partial charge < -0.3 is 15.0 Å². The summed E-state index contributed by atoms with van der Waals surface area (Å²) in [5, 5.41) is 0. The molecule has 0 radical (unpaired) electrons. The van der Waals surface area contributed by atoms with Gasteiger partial charge in [-0.1, -0.05) is 12.1 Å². The first kappa shape index (κ1) is 11.7. The minimum Gasteiger partial charge on any atom is -0.492 e. The summed E-state index contributed by atoms with van der Waals surface area (Å²) in [5.74, 6) is 1.87. The van der Waals surface area contributed by atoms with Crippen molar-refractivity contribution >= 4 is 0 Å². The van der Waals surface area contributed by atoms with Crippen molar-refractivity contribution in [2.24, 2.45) is 5.73 Å². The maximum atomic E-state index is 5.67. The summed E-state index contributed by atoms with van der Waals surface area (Å²) in [6, 6.07) is 7.87. The second kappa shape index (κ2) is 5.50. The molecule has 0 unspecified atom stereocenters. The Morgan fingerprint density at radius 1 is 1.41 bits per heavy atom. The molecule has 0 aliphatic carbocycles. The van der Waals surface area contributed by atoms with Crippen LogP contribution in [0.4, 0.5) is 0 Å². The lowest BCUT2D eigenvalue weighted by atomic mass is 10.2. The summed E-state index contributed by atoms with van der Waals surface area (Å²) in [6.07, 6.45) is 3.75. The molecule has 0 saturated heterocycles. The normalized spacial score (nSPS) is 10.5. The van der Waals surface area contributed by atoms with Gasteiger partial charge in [-0.15, -0.1) is 0 Å². The Kier molecular flexibility index (Phi) is 3.77. The predicted octanol–water partition coefficient (Wildman–Crippen LogP) is 1.73. The van der Waals surface area contributed by atoms with Gasteiger partial charge in [-0.05, 0) is 24.6 Å². The average molecular weight is 231 g/mol. The molecular formula is C13H17N3O. The minimum atomic E-state index is 0.540. The first-order chi connectivity index (χ1) is 8.29. The van der Waals surface area contributed by atoms with E-state index in [2.05, 4.69) is 9.55 Å². The Morgan fingerprint density at radius 3 is 3.00 bits per heavy atom. The molecule has 0 spiro atoms. The molecular weight excluding hydrogens is 214 g/mol. The van der Waals surface area contributed by atoms with Gasteiger partial charge in [0.15, 0.2) is 0 Å². The Hall–Kier alpha value is -1.81. The fourth-order valence-electron chi connectivity index (χ4n) is 1.66. The molecule has 0 atom stereocenters. The van der Waals surface area contributed by atoms with Gasteiger partial charge in [0.25, 0.3) is 0 Å². The summed E-state index contributed by atoms with van der Waals surface area (Å²) in [5.41, 5.74) is 6.66. The van der Waals surface area contributed by atoms with Crippen molar-refractivity contribution in [3.8, 4) is 5.75 Å². The van der Waals surface area contributed by atoms with Gasteiger partial charge in [0.2, 0.25) is 0 Å². The molecule has 17 heavy (non-hydrogen) atoms. The van der Waals surface area contributed by atoms with Crippen LogP contribution in [0.5, 0.6) is 5.75 Å². The van der Waals surface area contributed by atoms with E-state index >= 15 is 0 Å². The second-order valence-electron chi connectivity index (χ2n) is 3.87. The van der Waals surface area contributed by atoms with E-state index in [4.69, 9.17) is 10.5 Å². The fourth-order valence-corrected chi connectivity index (χ4v) is 1.66. The molecule has 1 aromatic carbocycles. The Morgan fingerprint density at radius 2 is 2.29 bits per heavy atom. The third-order valence-corrected chi connectivity index (χ3v) is 2.66. The molecule has 4 heteroatoms. The van der Waals surface area contributed by atoms with Crippen molar-refractivity contribution in [1.29, 1.82) is 0 Å². The molecule has 0 aliphatic heterocycles. The third kappa shape index (κ3) is 3.07. The Bertz CT molecular complexity index is 479. The third-order valence-electron chi connectivity index (χ3n) is 2.66. The number of nitrogens with zero attached hydrogens (tertiary/aromatic N) is 2. The maximum absolute atomic E-state index is 5.67. The first-order valence-electron chi connectivity index (χ1n) is 5.69. The van der Waals surface area contributed by atoms with Crippen LogP contribution in [-0.2, 0) is 13.1 Å². The second-order valence-corrected chi connectivity index (χ2v) is 3.87. The number of hydrogen-bond acceptors (Lipinski definition) is 3. The van der Waals surface area contributed by atoms with Gasteiger partial charge in [-0.3, -0.25) is 0 Å². The standard InChI is InChI=1S/C13H17N3O/c1-11-15-5-6-16(11)7-8-17-13-4-2-3-12(9-13)10-14/h2-6,9H,7-8,10,14H2,1H3. The molecule has 0 bridgehead atoms. The Labute approximate surface area is 101 Å². The van der Waals surface area contributed by atoms with Gasteiger partial charge in [0.05, 0.1) is 6.54 Å². The molecule has 90 valence electrons. The van der Waals surface area contributed by atoms with Gasteiger partial charge >= 0.3 is 0 Å². The van der Waals surface area contributed by atoms with E-state index in [-0.39, 0.29) is 0 Å². The van der Waals surface area contributed by atoms with Crippen LogP contribution in [-0.4, -0.2) is 16.2 Å². The lowest BCUT2D eigenvalue weighted by Gasteiger charge is -2.08. The zero-order valence-electron chi connectivity index (χ0n) is 9.97. The minimum absolute atomic E-state index is 0.540. The van der Waals surface area contributed by atoms with E-state index in [1.807, 2.05) is 37.4 Å². The summed E-state index contributed by atoms with van der Waals surface area (Å²) >= 11 is 0. The van der Waals surface area contributed by atoms with Crippen molar-refractivity contribution in [2.45, 2.75) is 20.0 Å². The number of benzene rings is 1. The topological polar surface area (TPSA) is 53.1 Å². The Balaban J connectivity index is 1.87. The van der Waals surface area contributed by atoms with E-state index in [0.717, 1.165) is 23.7 Å². The van der Waals surface area contributed by atoms with Crippen molar-refractivity contribution in [3.63, 3.8) is 0 Å². The van der Waals surface area contributed by atoms with Crippen LogP contribution in [0.15, 0.2) is 36.7 Å². The molecule has 2 aromatic rings. The lowest BCUT2D eigenvalue weighted by Crippen LogP contribution is -2.09. The van der Waals surface area contributed by atoms with Gasteiger partial charge in [0.1, 0.15) is 18.2 Å². The van der Waals surface area contributed by atoms with E-state index in [9.17, 15) is 0 Å². The molecule has 0 aliphatic rings. The number of rotatable bonds is 5. The van der Waals surface area contributed by atoms with E-state index in [1.165, 1.54) is 0 Å². The highest BCUT2D eigenvalue weighted by atomic mass is 16.5. The van der Waals surface area contributed by atoms with Crippen LogP contribution in [0.2, 0.25) is 0 Å². The van der Waals surface area contributed by atoms with Crippen molar-refractivity contribution in [2.75, 3.05) is 6.61 Å². The van der Waals surface area contributed by atoms with Crippen LogP contribution >= 0.6 is 0 Å². The van der Waals surface area contributed by atoms with Gasteiger partial charge in [-0.2, -0.15) is 0 Å². The number of hydrogen-bond donors (Lipinski definition) is 1. The van der Waals surface area contributed by atoms with Crippen LogP contribution in [0.25, 0.3) is 0 Å². The fraction of sp³-hybridized carbons (Fsp3) is 0.308. The van der Waals surface area contributed by atoms with Crippen LogP contribution in [0.1, 0.15) is 11.4 Å². The molecule has 0 amide bonds. The van der Waals surface area contributed by atoms with Crippen molar-refractivity contribution in [3.05, 3.63) is 48.0 Å².